The number of urea groups is 1. The second-order valence-corrected chi connectivity index (χ2v) is 16.0. The number of carbonyl (C=O) groups excluding carboxylic acids is 5. The Balaban J connectivity index is 1.48. The number of nitrogens with one attached hydrogen (secondary N) is 4. The molecule has 13 nitrogen and oxygen atoms in total. The van der Waals surface area contributed by atoms with Gasteiger partial charge < -0.3 is 26.2 Å². The van der Waals surface area contributed by atoms with Crippen molar-refractivity contribution in [3.05, 3.63) is 0 Å². The molecule has 4 fully saturated rings. The van der Waals surface area contributed by atoms with E-state index >= 15 is 0 Å². The largest absolute Gasteiger partial charge is 0.347 e. The van der Waals surface area contributed by atoms with Gasteiger partial charge in [-0.05, 0) is 56.8 Å². The summed E-state index contributed by atoms with van der Waals surface area (Å²) in [6.07, 6.45) is 10.6. The van der Waals surface area contributed by atoms with E-state index in [1.54, 1.807) is 13.8 Å². The molecule has 4 N–H and O–H groups in total. The molecule has 3 aliphatic carbocycles. The van der Waals surface area contributed by atoms with Crippen molar-refractivity contribution in [2.45, 2.75) is 134 Å². The first kappa shape index (κ1) is 36.1. The Bertz CT molecular complexity index is 1240. The minimum absolute atomic E-state index is 0.0256. The van der Waals surface area contributed by atoms with Crippen LogP contribution in [-0.2, 0) is 29.2 Å². The van der Waals surface area contributed by atoms with Crippen molar-refractivity contribution in [2.24, 2.45) is 5.41 Å². The Morgan fingerprint density at radius 1 is 0.870 bits per heavy atom. The van der Waals surface area contributed by atoms with Crippen LogP contribution in [0, 0.1) is 5.41 Å². The van der Waals surface area contributed by atoms with E-state index < -0.39 is 63.2 Å². The molecular weight excluding hydrogens is 612 g/mol. The normalized spacial score (nSPS) is 23.3. The van der Waals surface area contributed by atoms with Gasteiger partial charge in [-0.25, -0.2) is 17.5 Å². The van der Waals surface area contributed by atoms with Gasteiger partial charge in [0.1, 0.15) is 12.1 Å². The maximum absolute atomic E-state index is 14.3. The molecule has 0 bridgehead atoms. The summed E-state index contributed by atoms with van der Waals surface area (Å²) in [6.45, 7) is 6.17. The first-order valence-electron chi connectivity index (χ1n) is 17.3. The van der Waals surface area contributed by atoms with Crippen molar-refractivity contribution in [1.82, 2.24) is 30.5 Å². The number of sulfonamides is 1. The third-order valence-electron chi connectivity index (χ3n) is 10.4. The van der Waals surface area contributed by atoms with E-state index in [0.29, 0.717) is 45.3 Å². The summed E-state index contributed by atoms with van der Waals surface area (Å²) in [5, 5.41) is 11.2. The summed E-state index contributed by atoms with van der Waals surface area (Å²) in [7, 11) is -3.63. The lowest BCUT2D eigenvalue weighted by Gasteiger charge is -2.43. The Morgan fingerprint density at radius 3 is 2.07 bits per heavy atom. The van der Waals surface area contributed by atoms with Gasteiger partial charge in [-0.2, -0.15) is 0 Å². The number of rotatable bonds is 14. The highest BCUT2D eigenvalue weighted by Gasteiger charge is 2.47. The topological polar surface area (TPSA) is 174 Å². The summed E-state index contributed by atoms with van der Waals surface area (Å²) in [5.41, 5.74) is -1.50. The maximum atomic E-state index is 14.3. The highest BCUT2D eigenvalue weighted by Crippen LogP contribution is 2.40. The molecule has 0 spiro atoms. The number of amides is 5. The summed E-state index contributed by atoms with van der Waals surface area (Å²) < 4.78 is 28.1. The lowest BCUT2D eigenvalue weighted by molar-refractivity contribution is -0.143. The molecule has 0 aromatic heterocycles. The molecule has 46 heavy (non-hydrogen) atoms. The number of likely N-dealkylation sites (tertiary alicyclic amines) is 1. The van der Waals surface area contributed by atoms with E-state index in [0.717, 1.165) is 64.2 Å². The molecule has 1 heterocycles. The molecule has 3 saturated carbocycles. The van der Waals surface area contributed by atoms with Crippen molar-refractivity contribution >= 4 is 39.6 Å². The molecule has 14 heteroatoms. The summed E-state index contributed by atoms with van der Waals surface area (Å²) in [5.74, 6) is -2.51. The van der Waals surface area contributed by atoms with Gasteiger partial charge >= 0.3 is 6.03 Å². The zero-order chi connectivity index (χ0) is 33.5. The van der Waals surface area contributed by atoms with Gasteiger partial charge in [0.25, 0.3) is 5.91 Å². The minimum Gasteiger partial charge on any atom is -0.347 e. The summed E-state index contributed by atoms with van der Waals surface area (Å²) >= 11 is 0. The lowest BCUT2D eigenvalue weighted by atomic mass is 9.70. The van der Waals surface area contributed by atoms with Crippen LogP contribution >= 0.6 is 0 Å². The number of hydrogen-bond acceptors (Lipinski definition) is 7. The molecule has 0 radical (unpaired) electrons. The van der Waals surface area contributed by atoms with Crippen LogP contribution in [0.4, 0.5) is 4.79 Å². The fraction of sp³-hybridized carbons (Fsp3) is 0.844. The van der Waals surface area contributed by atoms with E-state index in [1.165, 1.54) is 9.21 Å². The molecule has 5 amide bonds. The van der Waals surface area contributed by atoms with Gasteiger partial charge in [0.2, 0.25) is 27.6 Å². The van der Waals surface area contributed by atoms with Crippen molar-refractivity contribution < 1.29 is 32.4 Å². The van der Waals surface area contributed by atoms with Gasteiger partial charge in [-0.3, -0.25) is 19.2 Å². The monoisotopic (exact) mass is 666 g/mol. The Labute approximate surface area is 273 Å². The smallest absolute Gasteiger partial charge is 0.315 e. The van der Waals surface area contributed by atoms with Gasteiger partial charge in [-0.15, -0.1) is 0 Å². The number of ketones is 1. The molecular formula is C32H54N6O7S. The number of hydrogen-bond donors (Lipinski definition) is 4. The third kappa shape index (κ3) is 8.99. The van der Waals surface area contributed by atoms with E-state index in [4.69, 9.17) is 0 Å². The molecule has 1 saturated heterocycles. The highest BCUT2D eigenvalue weighted by atomic mass is 32.2. The van der Waals surface area contributed by atoms with Gasteiger partial charge in [0.05, 0.1) is 17.8 Å². The first-order valence-corrected chi connectivity index (χ1v) is 18.9. The van der Waals surface area contributed by atoms with Gasteiger partial charge in [0.15, 0.2) is 0 Å². The lowest BCUT2D eigenvalue weighted by Crippen LogP contribution is -2.64. The minimum atomic E-state index is -3.63. The Hall–Kier alpha value is -2.74. The van der Waals surface area contributed by atoms with Crippen LogP contribution < -0.4 is 21.3 Å². The molecule has 2 atom stereocenters. The van der Waals surface area contributed by atoms with E-state index in [1.807, 2.05) is 6.92 Å². The van der Waals surface area contributed by atoms with Crippen LogP contribution in [0.3, 0.4) is 0 Å². The second kappa shape index (κ2) is 15.4. The maximum Gasteiger partial charge on any atom is 0.315 e. The quantitative estimate of drug-likeness (QED) is 0.205. The van der Waals surface area contributed by atoms with Gasteiger partial charge in [0, 0.05) is 25.7 Å². The zero-order valence-corrected chi connectivity index (χ0v) is 28.6. The van der Waals surface area contributed by atoms with Crippen LogP contribution in [0.1, 0.15) is 111 Å². The Morgan fingerprint density at radius 2 is 1.48 bits per heavy atom. The molecule has 4 aliphatic rings. The van der Waals surface area contributed by atoms with Crippen LogP contribution in [0.5, 0.6) is 0 Å². The van der Waals surface area contributed by atoms with E-state index in [9.17, 15) is 32.4 Å². The SMILES string of the molecule is CCN(CC)S(=O)(=O)CC1(NC(=O)N[C@H](C(=O)N2CCC[C@H]2C(=O)NCC(=O)C(=O)NC2CC2)C2(C)CCCCC2)CCCCC1. The fourth-order valence-corrected chi connectivity index (χ4v) is 9.54. The van der Waals surface area contributed by atoms with E-state index in [-0.39, 0.29) is 17.7 Å². The van der Waals surface area contributed by atoms with Crippen molar-refractivity contribution in [3.8, 4) is 0 Å². The predicted octanol–water partition coefficient (Wildman–Crippen LogP) is 1.95. The summed E-state index contributed by atoms with van der Waals surface area (Å²) in [4.78, 5) is 67.1. The summed E-state index contributed by atoms with van der Waals surface area (Å²) in [6, 6.07) is -2.30. The van der Waals surface area contributed by atoms with Crippen molar-refractivity contribution in [2.75, 3.05) is 31.9 Å². The molecule has 4 rings (SSSR count). The van der Waals surface area contributed by atoms with Crippen molar-refractivity contribution in [3.63, 3.8) is 0 Å². The average molecular weight is 667 g/mol. The third-order valence-corrected chi connectivity index (χ3v) is 12.6. The predicted molar refractivity (Wildman–Crippen MR) is 173 cm³/mol. The number of carbonyl (C=O) groups is 5. The number of Topliss-reactive ketones (excluding diaryl/α,β-unsaturated/α-hetero) is 1. The van der Waals surface area contributed by atoms with Crippen LogP contribution in [0.25, 0.3) is 0 Å². The first-order chi connectivity index (χ1) is 21.8. The van der Waals surface area contributed by atoms with Crippen LogP contribution in [0.2, 0.25) is 0 Å². The molecule has 0 aromatic rings. The molecule has 0 unspecified atom stereocenters. The van der Waals surface area contributed by atoms with Gasteiger partial charge in [-0.1, -0.05) is 59.3 Å². The molecule has 0 aromatic carbocycles. The molecule has 260 valence electrons. The Kier molecular flexibility index (Phi) is 12.1. The molecule has 1 aliphatic heterocycles. The second-order valence-electron chi connectivity index (χ2n) is 14.0. The standard InChI is InChI=1S/C32H54N6O7S/c1-4-37(5-2)46(44,45)22-32(18-10-7-11-19-32)36-30(43)35-26(31(3)16-8-6-9-17-31)29(42)38-20-12-13-24(38)27(40)33-21-25(39)28(41)34-23-14-15-23/h23-24,26H,4-22H2,1-3H3,(H,33,40)(H,34,41)(H2,35,36,43)/t24-,26+/m0/s1. The van der Waals surface area contributed by atoms with E-state index in [2.05, 4.69) is 21.3 Å². The highest BCUT2D eigenvalue weighted by molar-refractivity contribution is 7.89. The van der Waals surface area contributed by atoms with Crippen LogP contribution in [-0.4, -0.2) is 103 Å². The van der Waals surface area contributed by atoms with Crippen molar-refractivity contribution in [1.29, 1.82) is 0 Å². The average Bonchev–Trinajstić information content (AvgIpc) is 3.69. The van der Waals surface area contributed by atoms with Crippen LogP contribution in [0.15, 0.2) is 0 Å². The fourth-order valence-electron chi connectivity index (χ4n) is 7.51. The zero-order valence-electron chi connectivity index (χ0n) is 27.8. The number of nitrogens with zero attached hydrogens (tertiary/aromatic N) is 2.